The van der Waals surface area contributed by atoms with Gasteiger partial charge in [-0.25, -0.2) is 4.57 Å². The van der Waals surface area contributed by atoms with Gasteiger partial charge < -0.3 is 0 Å². The van der Waals surface area contributed by atoms with Crippen LogP contribution in [0.1, 0.15) is 6.42 Å². The molecule has 0 N–H and O–H groups in total. The van der Waals surface area contributed by atoms with Crippen LogP contribution in [0, 0.1) is 6.92 Å². The summed E-state index contributed by atoms with van der Waals surface area (Å²) >= 11 is 0. The Balaban J connectivity index is 2.41. The first-order chi connectivity index (χ1) is 4.77. The molecule has 10 heavy (non-hydrogen) atoms. The van der Waals surface area contributed by atoms with Gasteiger partial charge >= 0.3 is 7.82 Å². The predicted octanol–water partition coefficient (Wildman–Crippen LogP) is 1.38. The molecule has 1 aliphatic rings. The van der Waals surface area contributed by atoms with Crippen molar-refractivity contribution < 1.29 is 18.1 Å². The fourth-order valence-corrected chi connectivity index (χ4v) is 1.79. The van der Waals surface area contributed by atoms with Gasteiger partial charge in [-0.05, 0) is 13.3 Å². The van der Waals surface area contributed by atoms with E-state index in [9.17, 15) is 4.57 Å². The fraction of sp³-hybridized carbons (Fsp3) is 0.800. The first kappa shape index (κ1) is 8.21. The maximum absolute atomic E-state index is 11.1. The number of rotatable bonds is 2. The number of phosphoric ester groups is 1. The van der Waals surface area contributed by atoms with Gasteiger partial charge in [0.15, 0.2) is 0 Å². The van der Waals surface area contributed by atoms with Crippen LogP contribution in [0.25, 0.3) is 0 Å². The Morgan fingerprint density at radius 1 is 1.50 bits per heavy atom. The van der Waals surface area contributed by atoms with Crippen LogP contribution in [0.3, 0.4) is 0 Å². The van der Waals surface area contributed by atoms with E-state index in [1.807, 2.05) is 0 Å². The SMILES string of the molecule is [CH2]COP1(=O)OCCCO1. The van der Waals surface area contributed by atoms with Gasteiger partial charge in [0.05, 0.1) is 19.8 Å². The van der Waals surface area contributed by atoms with E-state index in [0.717, 1.165) is 6.42 Å². The molecule has 0 unspecified atom stereocenters. The summed E-state index contributed by atoms with van der Waals surface area (Å²) in [4.78, 5) is 0. The van der Waals surface area contributed by atoms with Crippen LogP contribution in [0.5, 0.6) is 0 Å². The number of hydrogen-bond acceptors (Lipinski definition) is 4. The molecule has 0 aliphatic carbocycles. The average molecular weight is 165 g/mol. The lowest BCUT2D eigenvalue weighted by Crippen LogP contribution is -2.09. The second-order valence-corrected chi connectivity index (χ2v) is 3.47. The highest BCUT2D eigenvalue weighted by molar-refractivity contribution is 7.48. The van der Waals surface area contributed by atoms with Crippen molar-refractivity contribution in [3.05, 3.63) is 6.92 Å². The van der Waals surface area contributed by atoms with E-state index in [4.69, 9.17) is 9.05 Å². The molecule has 1 heterocycles. The molecule has 0 aromatic carbocycles. The summed E-state index contributed by atoms with van der Waals surface area (Å²) in [5, 5.41) is 0. The molecule has 0 aromatic heterocycles. The van der Waals surface area contributed by atoms with Crippen molar-refractivity contribution >= 4 is 7.82 Å². The van der Waals surface area contributed by atoms with Gasteiger partial charge in [-0.3, -0.25) is 13.6 Å². The minimum Gasteiger partial charge on any atom is -0.287 e. The van der Waals surface area contributed by atoms with Crippen molar-refractivity contribution in [3.8, 4) is 0 Å². The lowest BCUT2D eigenvalue weighted by atomic mass is 10.5. The summed E-state index contributed by atoms with van der Waals surface area (Å²) < 4.78 is 25.4. The Morgan fingerprint density at radius 2 is 2.10 bits per heavy atom. The third kappa shape index (κ3) is 2.06. The highest BCUT2D eigenvalue weighted by Crippen LogP contribution is 2.51. The van der Waals surface area contributed by atoms with Crippen molar-refractivity contribution in [2.45, 2.75) is 6.42 Å². The lowest BCUT2D eigenvalue weighted by Gasteiger charge is -2.20. The molecule has 0 aromatic rings. The predicted molar refractivity (Wildman–Crippen MR) is 35.4 cm³/mol. The Labute approximate surface area is 60.1 Å². The normalized spacial score (nSPS) is 24.5. The molecule has 5 heteroatoms. The van der Waals surface area contributed by atoms with Crippen molar-refractivity contribution in [3.63, 3.8) is 0 Å². The van der Waals surface area contributed by atoms with Gasteiger partial charge in [0.25, 0.3) is 0 Å². The Kier molecular flexibility index (Phi) is 2.86. The lowest BCUT2D eigenvalue weighted by molar-refractivity contribution is 0.0807. The third-order valence-electron chi connectivity index (χ3n) is 1.04. The molecule has 1 rings (SSSR count). The molecule has 0 spiro atoms. The van der Waals surface area contributed by atoms with E-state index in [1.165, 1.54) is 0 Å². The minimum atomic E-state index is -3.18. The second kappa shape index (κ2) is 3.49. The van der Waals surface area contributed by atoms with E-state index in [2.05, 4.69) is 11.4 Å². The van der Waals surface area contributed by atoms with Gasteiger partial charge in [-0.15, -0.1) is 0 Å². The standard InChI is InChI=1S/C5H10O4P/c1-2-7-10(6)8-4-3-5-9-10/h1-5H2. The van der Waals surface area contributed by atoms with Crippen LogP contribution < -0.4 is 0 Å². The topological polar surface area (TPSA) is 44.8 Å². The molecule has 1 radical (unpaired) electrons. The van der Waals surface area contributed by atoms with Crippen LogP contribution in [-0.2, 0) is 18.1 Å². The van der Waals surface area contributed by atoms with E-state index < -0.39 is 7.82 Å². The molecule has 0 atom stereocenters. The second-order valence-electron chi connectivity index (χ2n) is 1.80. The van der Waals surface area contributed by atoms with E-state index in [1.54, 1.807) is 0 Å². The zero-order chi connectivity index (χ0) is 7.45. The van der Waals surface area contributed by atoms with E-state index >= 15 is 0 Å². The molecule has 1 saturated heterocycles. The molecule has 1 fully saturated rings. The maximum atomic E-state index is 11.1. The highest BCUT2D eigenvalue weighted by atomic mass is 31.2. The maximum Gasteiger partial charge on any atom is 0.474 e. The zero-order valence-corrected chi connectivity index (χ0v) is 6.51. The van der Waals surface area contributed by atoms with Gasteiger partial charge in [-0.1, -0.05) is 0 Å². The molecule has 0 amide bonds. The molecule has 59 valence electrons. The summed E-state index contributed by atoms with van der Waals surface area (Å²) in [5.74, 6) is 0. The van der Waals surface area contributed by atoms with Crippen LogP contribution in [0.2, 0.25) is 0 Å². The molecular formula is C5H10O4P. The largest absolute Gasteiger partial charge is 0.474 e. The number of hydrogen-bond donors (Lipinski definition) is 0. The monoisotopic (exact) mass is 165 g/mol. The van der Waals surface area contributed by atoms with Gasteiger partial charge in [-0.2, -0.15) is 0 Å². The Hall–Kier alpha value is 0.110. The van der Waals surface area contributed by atoms with Crippen LogP contribution in [0.15, 0.2) is 0 Å². The van der Waals surface area contributed by atoms with Gasteiger partial charge in [0.2, 0.25) is 0 Å². The molecule has 0 bridgehead atoms. The third-order valence-corrected chi connectivity index (χ3v) is 2.53. The Morgan fingerprint density at radius 3 is 2.60 bits per heavy atom. The summed E-state index contributed by atoms with van der Waals surface area (Å²) in [6.45, 7) is 4.36. The Bertz CT molecular complexity index is 128. The molecule has 0 saturated carbocycles. The van der Waals surface area contributed by atoms with Crippen molar-refractivity contribution in [2.75, 3.05) is 19.8 Å². The summed E-state index contributed by atoms with van der Waals surface area (Å²) in [7, 11) is -3.18. The summed E-state index contributed by atoms with van der Waals surface area (Å²) in [5.41, 5.74) is 0. The highest BCUT2D eigenvalue weighted by Gasteiger charge is 2.28. The molecular weight excluding hydrogens is 155 g/mol. The van der Waals surface area contributed by atoms with E-state index in [0.29, 0.717) is 13.2 Å². The van der Waals surface area contributed by atoms with E-state index in [-0.39, 0.29) is 6.61 Å². The first-order valence-electron chi connectivity index (χ1n) is 3.10. The smallest absolute Gasteiger partial charge is 0.287 e. The van der Waals surface area contributed by atoms with Gasteiger partial charge in [0.1, 0.15) is 0 Å². The summed E-state index contributed by atoms with van der Waals surface area (Å²) in [6.07, 6.45) is 0.768. The van der Waals surface area contributed by atoms with Crippen LogP contribution in [0.4, 0.5) is 0 Å². The van der Waals surface area contributed by atoms with Crippen molar-refractivity contribution in [2.24, 2.45) is 0 Å². The molecule has 1 aliphatic heterocycles. The van der Waals surface area contributed by atoms with Crippen LogP contribution >= 0.6 is 7.82 Å². The number of phosphoric acid groups is 1. The van der Waals surface area contributed by atoms with Crippen LogP contribution in [-0.4, -0.2) is 19.8 Å². The summed E-state index contributed by atoms with van der Waals surface area (Å²) in [6, 6.07) is 0. The minimum absolute atomic E-state index is 0.108. The zero-order valence-electron chi connectivity index (χ0n) is 5.62. The molecule has 4 nitrogen and oxygen atoms in total. The van der Waals surface area contributed by atoms with Crippen molar-refractivity contribution in [1.29, 1.82) is 0 Å². The fourth-order valence-electron chi connectivity index (χ4n) is 0.635. The average Bonchev–Trinajstić information content (AvgIpc) is 1.89. The van der Waals surface area contributed by atoms with Crippen molar-refractivity contribution in [1.82, 2.24) is 0 Å². The quantitative estimate of drug-likeness (QED) is 0.580. The van der Waals surface area contributed by atoms with Gasteiger partial charge in [0, 0.05) is 0 Å². The first-order valence-corrected chi connectivity index (χ1v) is 4.56.